The molecule has 0 saturated heterocycles. The number of hydrogen-bond acceptors (Lipinski definition) is 7. The number of fused-ring (bicyclic) bond motifs is 1. The van der Waals surface area contributed by atoms with Gasteiger partial charge in [0.15, 0.2) is 5.16 Å². The van der Waals surface area contributed by atoms with Gasteiger partial charge in [0, 0.05) is 38.0 Å². The van der Waals surface area contributed by atoms with Crippen LogP contribution >= 0.6 is 11.8 Å². The first kappa shape index (κ1) is 18.4. The van der Waals surface area contributed by atoms with Crippen LogP contribution in [0.1, 0.15) is 23.9 Å². The lowest BCUT2D eigenvalue weighted by Crippen LogP contribution is -2.41. The second-order valence-corrected chi connectivity index (χ2v) is 7.81. The van der Waals surface area contributed by atoms with Crippen LogP contribution in [0.15, 0.2) is 22.3 Å². The van der Waals surface area contributed by atoms with Crippen molar-refractivity contribution in [3.8, 4) is 0 Å². The van der Waals surface area contributed by atoms with Gasteiger partial charge in [-0.3, -0.25) is 9.59 Å². The summed E-state index contributed by atoms with van der Waals surface area (Å²) >= 11 is 1.26. The molecule has 1 unspecified atom stereocenters. The van der Waals surface area contributed by atoms with E-state index < -0.39 is 0 Å². The Bertz CT molecular complexity index is 882. The number of aromatic nitrogens is 4. The fraction of sp³-hybridized carbons (Fsp3) is 0.471. The predicted octanol–water partition coefficient (Wildman–Crippen LogP) is 1.000. The van der Waals surface area contributed by atoms with Crippen molar-refractivity contribution in [2.75, 3.05) is 25.5 Å². The van der Waals surface area contributed by atoms with Crippen LogP contribution in [0, 0.1) is 6.92 Å². The van der Waals surface area contributed by atoms with Crippen LogP contribution in [-0.2, 0) is 17.8 Å². The van der Waals surface area contributed by atoms with Gasteiger partial charge in [-0.05, 0) is 20.3 Å². The summed E-state index contributed by atoms with van der Waals surface area (Å²) in [6, 6.07) is 1.43. The van der Waals surface area contributed by atoms with Crippen LogP contribution < -0.4 is 10.5 Å². The minimum absolute atomic E-state index is 0.00909. The number of amides is 1. The highest BCUT2D eigenvalue weighted by Crippen LogP contribution is 2.27. The second-order valence-electron chi connectivity index (χ2n) is 6.48. The monoisotopic (exact) mass is 374 g/mol. The summed E-state index contributed by atoms with van der Waals surface area (Å²) in [7, 11) is 3.91. The first-order valence-corrected chi connectivity index (χ1v) is 9.26. The quantitative estimate of drug-likeness (QED) is 0.630. The topological polar surface area (TPSA) is 95.1 Å². The molecule has 138 valence electrons. The summed E-state index contributed by atoms with van der Waals surface area (Å²) in [5, 5.41) is 0.113. The molecule has 0 bridgehead atoms. The normalized spacial score (nSPS) is 14.7. The molecule has 1 aliphatic rings. The van der Waals surface area contributed by atoms with E-state index in [9.17, 15) is 9.59 Å². The lowest BCUT2D eigenvalue weighted by Gasteiger charge is -2.31. The Morgan fingerprint density at radius 2 is 2.15 bits per heavy atom. The van der Waals surface area contributed by atoms with Gasteiger partial charge in [-0.1, -0.05) is 11.8 Å². The second kappa shape index (κ2) is 7.45. The molecule has 2 aromatic heterocycles. The zero-order valence-electron chi connectivity index (χ0n) is 15.3. The van der Waals surface area contributed by atoms with Gasteiger partial charge in [0.25, 0.3) is 5.56 Å². The maximum absolute atomic E-state index is 12.8. The van der Waals surface area contributed by atoms with E-state index in [2.05, 4.69) is 19.9 Å². The summed E-state index contributed by atoms with van der Waals surface area (Å²) < 4.78 is 0. The molecule has 0 radical (unpaired) electrons. The van der Waals surface area contributed by atoms with Crippen molar-refractivity contribution in [1.29, 1.82) is 0 Å². The number of thioether (sulfide) groups is 1. The van der Waals surface area contributed by atoms with E-state index in [0.29, 0.717) is 23.9 Å². The molecule has 1 atom stereocenters. The number of aryl methyl sites for hydroxylation is 1. The number of hydrogen-bond donors (Lipinski definition) is 1. The van der Waals surface area contributed by atoms with Crippen LogP contribution in [0.3, 0.4) is 0 Å². The van der Waals surface area contributed by atoms with E-state index >= 15 is 0 Å². The summed E-state index contributed by atoms with van der Waals surface area (Å²) in [6.45, 7) is 4.69. The molecule has 8 nitrogen and oxygen atoms in total. The van der Waals surface area contributed by atoms with Crippen LogP contribution in [0.4, 0.5) is 5.82 Å². The maximum Gasteiger partial charge on any atom is 0.251 e. The Hall–Kier alpha value is -2.42. The lowest BCUT2D eigenvalue weighted by molar-refractivity contribution is -0.131. The molecule has 1 N–H and O–H groups in total. The van der Waals surface area contributed by atoms with E-state index in [1.54, 1.807) is 18.2 Å². The highest BCUT2D eigenvalue weighted by Gasteiger charge is 2.28. The maximum atomic E-state index is 12.8. The number of H-pyrrole nitrogens is 1. The van der Waals surface area contributed by atoms with Gasteiger partial charge in [-0.15, -0.1) is 0 Å². The van der Waals surface area contributed by atoms with E-state index in [1.165, 1.54) is 17.8 Å². The molecule has 2 aromatic rings. The van der Waals surface area contributed by atoms with Crippen molar-refractivity contribution in [1.82, 2.24) is 24.8 Å². The molecule has 1 amide bonds. The number of rotatable bonds is 4. The molecule has 3 rings (SSSR count). The fourth-order valence-electron chi connectivity index (χ4n) is 2.99. The third-order valence-electron chi connectivity index (χ3n) is 4.20. The minimum Gasteiger partial charge on any atom is -0.362 e. The number of nitrogens with zero attached hydrogens (tertiary/aromatic N) is 5. The van der Waals surface area contributed by atoms with Gasteiger partial charge in [0.2, 0.25) is 5.91 Å². The van der Waals surface area contributed by atoms with Crippen molar-refractivity contribution in [3.63, 3.8) is 0 Å². The molecule has 26 heavy (non-hydrogen) atoms. The first-order chi connectivity index (χ1) is 12.3. The molecule has 0 aliphatic carbocycles. The highest BCUT2D eigenvalue weighted by molar-refractivity contribution is 8.00. The van der Waals surface area contributed by atoms with Crippen molar-refractivity contribution in [2.24, 2.45) is 0 Å². The van der Waals surface area contributed by atoms with Crippen molar-refractivity contribution in [3.05, 3.63) is 39.7 Å². The number of nitrogens with one attached hydrogen (secondary N) is 1. The molecular weight excluding hydrogens is 352 g/mol. The Labute approximate surface area is 156 Å². The van der Waals surface area contributed by atoms with Crippen molar-refractivity contribution >= 4 is 23.5 Å². The Morgan fingerprint density at radius 1 is 1.38 bits per heavy atom. The predicted molar refractivity (Wildman–Crippen MR) is 100 cm³/mol. The molecule has 1 aliphatic heterocycles. The van der Waals surface area contributed by atoms with Crippen LogP contribution in [-0.4, -0.2) is 56.6 Å². The van der Waals surface area contributed by atoms with Gasteiger partial charge in [-0.25, -0.2) is 15.0 Å². The SMILES string of the molecule is Cc1cc(=O)[nH]c(SC(C)C(=O)N2CCc3c(ncnc3N(C)C)C2)n1. The van der Waals surface area contributed by atoms with Crippen molar-refractivity contribution < 1.29 is 4.79 Å². The minimum atomic E-state index is -0.350. The number of carbonyl (C=O) groups is 1. The molecular formula is C17H22N6O2S. The Morgan fingerprint density at radius 3 is 2.85 bits per heavy atom. The van der Waals surface area contributed by atoms with Gasteiger partial charge < -0.3 is 14.8 Å². The Kier molecular flexibility index (Phi) is 5.26. The molecule has 9 heteroatoms. The van der Waals surface area contributed by atoms with Gasteiger partial charge in [-0.2, -0.15) is 0 Å². The lowest BCUT2D eigenvalue weighted by atomic mass is 10.0. The number of aromatic amines is 1. The van der Waals surface area contributed by atoms with Crippen molar-refractivity contribution in [2.45, 2.75) is 37.2 Å². The van der Waals surface area contributed by atoms with E-state index in [0.717, 1.165) is 23.5 Å². The highest BCUT2D eigenvalue weighted by atomic mass is 32.2. The van der Waals surface area contributed by atoms with Gasteiger partial charge in [0.1, 0.15) is 12.1 Å². The summed E-state index contributed by atoms with van der Waals surface area (Å²) in [5.41, 5.74) is 2.42. The first-order valence-electron chi connectivity index (χ1n) is 8.38. The van der Waals surface area contributed by atoms with Crippen LogP contribution in [0.5, 0.6) is 0 Å². The van der Waals surface area contributed by atoms with E-state index in [1.807, 2.05) is 25.9 Å². The van der Waals surface area contributed by atoms with Gasteiger partial charge >= 0.3 is 0 Å². The number of anilines is 1. The summed E-state index contributed by atoms with van der Waals surface area (Å²) in [5.74, 6) is 0.917. The third-order valence-corrected chi connectivity index (χ3v) is 5.18. The smallest absolute Gasteiger partial charge is 0.251 e. The van der Waals surface area contributed by atoms with Crippen LogP contribution in [0.25, 0.3) is 0 Å². The average Bonchev–Trinajstić information content (AvgIpc) is 2.58. The van der Waals surface area contributed by atoms with Crippen LogP contribution in [0.2, 0.25) is 0 Å². The average molecular weight is 374 g/mol. The zero-order valence-corrected chi connectivity index (χ0v) is 16.1. The van der Waals surface area contributed by atoms with Gasteiger partial charge in [0.05, 0.1) is 17.5 Å². The number of carbonyl (C=O) groups excluding carboxylic acids is 1. The Balaban J connectivity index is 1.73. The van der Waals surface area contributed by atoms with E-state index in [-0.39, 0.29) is 16.7 Å². The van der Waals surface area contributed by atoms with E-state index in [4.69, 9.17) is 0 Å². The molecule has 0 fully saturated rings. The fourth-order valence-corrected chi connectivity index (χ4v) is 3.93. The largest absolute Gasteiger partial charge is 0.362 e. The molecule has 0 saturated carbocycles. The standard InChI is InChI=1S/C17H22N6O2S/c1-10-7-14(24)21-17(20-10)26-11(2)16(25)23-6-5-12-13(8-23)18-9-19-15(12)22(3)4/h7,9,11H,5-6,8H2,1-4H3,(H,20,21,24). The molecule has 0 spiro atoms. The third kappa shape index (κ3) is 3.87. The summed E-state index contributed by atoms with van der Waals surface area (Å²) in [4.78, 5) is 43.8. The zero-order chi connectivity index (χ0) is 18.8. The molecule has 3 heterocycles. The molecule has 0 aromatic carbocycles. The summed E-state index contributed by atoms with van der Waals surface area (Å²) in [6.07, 6.45) is 2.27.